The standard InChI is InChI=1S/C11H14ClNO/c1-2-11(14)13-7-6-9-4-3-5-10(12)8-9/h3-5,8H,2,6-7H2,1H3,(H,13,14). The van der Waals surface area contributed by atoms with Gasteiger partial charge in [-0.05, 0) is 24.1 Å². The van der Waals surface area contributed by atoms with Gasteiger partial charge in [-0.2, -0.15) is 0 Å². The molecule has 3 heteroatoms. The van der Waals surface area contributed by atoms with Crippen LogP contribution in [0.15, 0.2) is 24.3 Å². The van der Waals surface area contributed by atoms with Crippen LogP contribution in [0.2, 0.25) is 5.02 Å². The van der Waals surface area contributed by atoms with Crippen LogP contribution in [-0.2, 0) is 11.2 Å². The van der Waals surface area contributed by atoms with E-state index < -0.39 is 0 Å². The van der Waals surface area contributed by atoms with E-state index in [1.807, 2.05) is 31.2 Å². The van der Waals surface area contributed by atoms with E-state index in [4.69, 9.17) is 11.6 Å². The molecule has 0 saturated carbocycles. The minimum Gasteiger partial charge on any atom is -0.356 e. The fraction of sp³-hybridized carbons (Fsp3) is 0.364. The van der Waals surface area contributed by atoms with E-state index in [0.717, 1.165) is 17.0 Å². The van der Waals surface area contributed by atoms with Crippen LogP contribution in [0.3, 0.4) is 0 Å². The van der Waals surface area contributed by atoms with Crippen LogP contribution in [-0.4, -0.2) is 12.5 Å². The van der Waals surface area contributed by atoms with E-state index in [9.17, 15) is 4.79 Å². The van der Waals surface area contributed by atoms with Crippen molar-refractivity contribution in [2.75, 3.05) is 6.54 Å². The maximum absolute atomic E-state index is 10.9. The molecule has 0 aromatic heterocycles. The van der Waals surface area contributed by atoms with Gasteiger partial charge in [0.25, 0.3) is 0 Å². The third-order valence-electron chi connectivity index (χ3n) is 1.95. The van der Waals surface area contributed by atoms with Crippen LogP contribution in [0.5, 0.6) is 0 Å². The van der Waals surface area contributed by atoms with E-state index in [-0.39, 0.29) is 5.91 Å². The molecule has 14 heavy (non-hydrogen) atoms. The number of amides is 1. The topological polar surface area (TPSA) is 29.1 Å². The molecule has 1 aromatic rings. The number of benzene rings is 1. The predicted molar refractivity (Wildman–Crippen MR) is 58.5 cm³/mol. The molecular weight excluding hydrogens is 198 g/mol. The summed E-state index contributed by atoms with van der Waals surface area (Å²) in [4.78, 5) is 10.9. The summed E-state index contributed by atoms with van der Waals surface area (Å²) in [5.74, 6) is 0.0898. The Morgan fingerprint density at radius 3 is 2.93 bits per heavy atom. The summed E-state index contributed by atoms with van der Waals surface area (Å²) in [6.45, 7) is 2.52. The van der Waals surface area contributed by atoms with E-state index in [1.165, 1.54) is 0 Å². The highest BCUT2D eigenvalue weighted by atomic mass is 35.5. The lowest BCUT2D eigenvalue weighted by Gasteiger charge is -2.03. The third-order valence-corrected chi connectivity index (χ3v) is 2.18. The minimum absolute atomic E-state index is 0.0898. The van der Waals surface area contributed by atoms with Crippen molar-refractivity contribution in [2.24, 2.45) is 0 Å². The van der Waals surface area contributed by atoms with Crippen LogP contribution in [0.4, 0.5) is 0 Å². The number of rotatable bonds is 4. The molecule has 1 amide bonds. The average Bonchev–Trinajstić information content (AvgIpc) is 2.17. The fourth-order valence-corrected chi connectivity index (χ4v) is 1.38. The van der Waals surface area contributed by atoms with Crippen molar-refractivity contribution in [2.45, 2.75) is 19.8 Å². The number of carbonyl (C=O) groups is 1. The second-order valence-electron chi connectivity index (χ2n) is 3.08. The first-order chi connectivity index (χ1) is 6.72. The zero-order valence-corrected chi connectivity index (χ0v) is 8.97. The SMILES string of the molecule is CCC(=O)NCCc1cccc(Cl)c1. The number of halogens is 1. The first-order valence-electron chi connectivity index (χ1n) is 4.73. The summed E-state index contributed by atoms with van der Waals surface area (Å²) in [6, 6.07) is 7.68. The molecule has 1 rings (SSSR count). The second-order valence-corrected chi connectivity index (χ2v) is 3.52. The molecule has 2 nitrogen and oxygen atoms in total. The molecule has 0 saturated heterocycles. The van der Waals surface area contributed by atoms with Crippen molar-refractivity contribution in [3.8, 4) is 0 Å². The molecule has 0 fully saturated rings. The monoisotopic (exact) mass is 211 g/mol. The zero-order valence-electron chi connectivity index (χ0n) is 8.22. The molecule has 0 spiro atoms. The Labute approximate surface area is 89.3 Å². The molecule has 0 aliphatic rings. The maximum atomic E-state index is 10.9. The van der Waals surface area contributed by atoms with Crippen molar-refractivity contribution >= 4 is 17.5 Å². The molecule has 0 bridgehead atoms. The van der Waals surface area contributed by atoms with Gasteiger partial charge in [-0.3, -0.25) is 4.79 Å². The van der Waals surface area contributed by atoms with Crippen LogP contribution >= 0.6 is 11.6 Å². The first kappa shape index (κ1) is 11.1. The van der Waals surface area contributed by atoms with Gasteiger partial charge in [-0.25, -0.2) is 0 Å². The number of carbonyl (C=O) groups excluding carboxylic acids is 1. The van der Waals surface area contributed by atoms with E-state index in [2.05, 4.69) is 5.32 Å². The highest BCUT2D eigenvalue weighted by Gasteiger charge is 1.97. The molecule has 0 unspecified atom stereocenters. The Hall–Kier alpha value is -1.02. The molecule has 0 aliphatic carbocycles. The quantitative estimate of drug-likeness (QED) is 0.814. The largest absolute Gasteiger partial charge is 0.356 e. The Balaban J connectivity index is 2.35. The van der Waals surface area contributed by atoms with E-state index in [1.54, 1.807) is 0 Å². The lowest BCUT2D eigenvalue weighted by molar-refractivity contribution is -0.120. The van der Waals surface area contributed by atoms with Gasteiger partial charge in [0.2, 0.25) is 5.91 Å². The van der Waals surface area contributed by atoms with E-state index in [0.29, 0.717) is 13.0 Å². The average molecular weight is 212 g/mol. The van der Waals surface area contributed by atoms with Gasteiger partial charge >= 0.3 is 0 Å². The van der Waals surface area contributed by atoms with Crippen molar-refractivity contribution in [3.05, 3.63) is 34.9 Å². The van der Waals surface area contributed by atoms with Gasteiger partial charge in [0.1, 0.15) is 0 Å². The van der Waals surface area contributed by atoms with Gasteiger partial charge in [0.05, 0.1) is 0 Å². The Morgan fingerprint density at radius 2 is 2.29 bits per heavy atom. The minimum atomic E-state index is 0.0898. The van der Waals surface area contributed by atoms with Crippen LogP contribution in [0.1, 0.15) is 18.9 Å². The molecule has 0 heterocycles. The van der Waals surface area contributed by atoms with Crippen molar-refractivity contribution in [3.63, 3.8) is 0 Å². The Kier molecular flexibility index (Phi) is 4.47. The van der Waals surface area contributed by atoms with Crippen molar-refractivity contribution in [1.29, 1.82) is 0 Å². The molecule has 0 atom stereocenters. The molecule has 1 aromatic carbocycles. The smallest absolute Gasteiger partial charge is 0.219 e. The Morgan fingerprint density at radius 1 is 1.50 bits per heavy atom. The summed E-state index contributed by atoms with van der Waals surface area (Å²) in [5, 5.41) is 3.56. The molecule has 0 radical (unpaired) electrons. The first-order valence-corrected chi connectivity index (χ1v) is 5.11. The fourth-order valence-electron chi connectivity index (χ4n) is 1.16. The van der Waals surface area contributed by atoms with Gasteiger partial charge < -0.3 is 5.32 Å². The highest BCUT2D eigenvalue weighted by Crippen LogP contribution is 2.10. The molecule has 76 valence electrons. The zero-order chi connectivity index (χ0) is 10.4. The summed E-state index contributed by atoms with van der Waals surface area (Å²) >= 11 is 5.83. The van der Waals surface area contributed by atoms with Crippen molar-refractivity contribution in [1.82, 2.24) is 5.32 Å². The number of hydrogen-bond acceptors (Lipinski definition) is 1. The predicted octanol–water partition coefficient (Wildman–Crippen LogP) is 2.41. The highest BCUT2D eigenvalue weighted by molar-refractivity contribution is 6.30. The van der Waals surface area contributed by atoms with Crippen molar-refractivity contribution < 1.29 is 4.79 Å². The maximum Gasteiger partial charge on any atom is 0.219 e. The van der Waals surface area contributed by atoms with Gasteiger partial charge in [-0.15, -0.1) is 0 Å². The summed E-state index contributed by atoms with van der Waals surface area (Å²) < 4.78 is 0. The van der Waals surface area contributed by atoms with Gasteiger partial charge in [-0.1, -0.05) is 30.7 Å². The molecule has 1 N–H and O–H groups in total. The van der Waals surface area contributed by atoms with Gasteiger partial charge in [0.15, 0.2) is 0 Å². The lowest BCUT2D eigenvalue weighted by Crippen LogP contribution is -2.24. The van der Waals surface area contributed by atoms with Crippen LogP contribution < -0.4 is 5.32 Å². The third kappa shape index (κ3) is 3.79. The Bertz CT molecular complexity index is 312. The molecular formula is C11H14ClNO. The summed E-state index contributed by atoms with van der Waals surface area (Å²) in [6.07, 6.45) is 1.36. The number of hydrogen-bond donors (Lipinski definition) is 1. The van der Waals surface area contributed by atoms with Crippen LogP contribution in [0, 0.1) is 0 Å². The summed E-state index contributed by atoms with van der Waals surface area (Å²) in [5.41, 5.74) is 1.15. The molecule has 0 aliphatic heterocycles. The number of nitrogens with one attached hydrogen (secondary N) is 1. The normalized spacial score (nSPS) is 9.86. The lowest BCUT2D eigenvalue weighted by atomic mass is 10.1. The van der Waals surface area contributed by atoms with Crippen LogP contribution in [0.25, 0.3) is 0 Å². The van der Waals surface area contributed by atoms with Gasteiger partial charge in [0, 0.05) is 18.0 Å². The summed E-state index contributed by atoms with van der Waals surface area (Å²) in [7, 11) is 0. The second kappa shape index (κ2) is 5.66. The van der Waals surface area contributed by atoms with E-state index >= 15 is 0 Å².